The van der Waals surface area contributed by atoms with Gasteiger partial charge in [0.1, 0.15) is 11.4 Å². The van der Waals surface area contributed by atoms with Gasteiger partial charge < -0.3 is 4.74 Å². The number of imide groups is 1. The van der Waals surface area contributed by atoms with Crippen LogP contribution in [0.1, 0.15) is 42.7 Å². The van der Waals surface area contributed by atoms with Gasteiger partial charge in [-0.1, -0.05) is 30.3 Å². The van der Waals surface area contributed by atoms with E-state index in [2.05, 4.69) is 5.32 Å². The third-order valence-electron chi connectivity index (χ3n) is 6.24. The number of carbonyl (C=O) groups is 4. The van der Waals surface area contributed by atoms with Gasteiger partial charge in [0, 0.05) is 17.2 Å². The van der Waals surface area contributed by atoms with E-state index in [1.54, 1.807) is 31.2 Å². The van der Waals surface area contributed by atoms with Crippen LogP contribution in [0.5, 0.6) is 0 Å². The first-order valence-corrected chi connectivity index (χ1v) is 10.4. The summed E-state index contributed by atoms with van der Waals surface area (Å²) in [5.41, 5.74) is -0.762. The van der Waals surface area contributed by atoms with Crippen LogP contribution in [0.2, 0.25) is 0 Å². The zero-order valence-electron chi connectivity index (χ0n) is 17.9. The van der Waals surface area contributed by atoms with Crippen molar-refractivity contribution in [3.8, 4) is 0 Å². The lowest BCUT2D eigenvalue weighted by Crippen LogP contribution is -2.54. The number of carbonyl (C=O) groups excluding carboxylic acids is 4. The maximum absolute atomic E-state index is 14.7. The standard InChI is InChI=1S/C24H23FN2O5/c1-4-32-23(31)24(3)19-18(20(26-24)16-10-5-6-11-17(16)25)21(29)27(22(19)30)15-9-7-8-14(12-15)13(2)28/h5-12,18-20,26H,4H2,1-3H3/t18-,19-,20-,24+/m0/s1. The van der Waals surface area contributed by atoms with Gasteiger partial charge in [-0.2, -0.15) is 0 Å². The molecule has 166 valence electrons. The second-order valence-corrected chi connectivity index (χ2v) is 8.19. The molecule has 2 aliphatic rings. The topological polar surface area (TPSA) is 92.8 Å². The average molecular weight is 438 g/mol. The highest BCUT2D eigenvalue weighted by Crippen LogP contribution is 2.50. The van der Waals surface area contributed by atoms with Crippen LogP contribution in [0.4, 0.5) is 10.1 Å². The van der Waals surface area contributed by atoms with Crippen LogP contribution in [0.15, 0.2) is 48.5 Å². The molecular weight excluding hydrogens is 415 g/mol. The maximum atomic E-state index is 14.7. The molecule has 8 heteroatoms. The molecule has 0 bridgehead atoms. The fourth-order valence-electron chi connectivity index (χ4n) is 4.72. The Labute approximate surface area is 184 Å². The molecule has 0 unspecified atom stereocenters. The second kappa shape index (κ2) is 7.94. The normalized spacial score (nSPS) is 26.9. The maximum Gasteiger partial charge on any atom is 0.326 e. The number of halogens is 1. The Bertz CT molecular complexity index is 1130. The van der Waals surface area contributed by atoms with Crippen molar-refractivity contribution in [1.82, 2.24) is 5.32 Å². The lowest BCUT2D eigenvalue weighted by Gasteiger charge is -2.29. The van der Waals surface area contributed by atoms with E-state index in [0.29, 0.717) is 5.56 Å². The molecule has 4 atom stereocenters. The molecule has 2 amide bonds. The smallest absolute Gasteiger partial charge is 0.326 e. The number of nitrogens with one attached hydrogen (secondary N) is 1. The van der Waals surface area contributed by atoms with Gasteiger partial charge in [-0.25, -0.2) is 9.29 Å². The quantitative estimate of drug-likeness (QED) is 0.438. The summed E-state index contributed by atoms with van der Waals surface area (Å²) in [4.78, 5) is 52.8. The predicted octanol–water partition coefficient (Wildman–Crippen LogP) is 2.80. The van der Waals surface area contributed by atoms with Crippen LogP contribution >= 0.6 is 0 Å². The van der Waals surface area contributed by atoms with Crippen molar-refractivity contribution >= 4 is 29.3 Å². The monoisotopic (exact) mass is 438 g/mol. The summed E-state index contributed by atoms with van der Waals surface area (Å²) in [5, 5.41) is 3.04. The second-order valence-electron chi connectivity index (χ2n) is 8.19. The molecule has 2 fully saturated rings. The van der Waals surface area contributed by atoms with Crippen LogP contribution in [-0.2, 0) is 19.1 Å². The number of rotatable bonds is 5. The Morgan fingerprint density at radius 2 is 1.84 bits per heavy atom. The van der Waals surface area contributed by atoms with E-state index >= 15 is 0 Å². The Morgan fingerprint density at radius 3 is 2.50 bits per heavy atom. The number of benzene rings is 2. The van der Waals surface area contributed by atoms with Crippen LogP contribution in [0.25, 0.3) is 0 Å². The molecule has 0 spiro atoms. The van der Waals surface area contributed by atoms with Crippen molar-refractivity contribution in [3.63, 3.8) is 0 Å². The first-order chi connectivity index (χ1) is 15.2. The van der Waals surface area contributed by atoms with Crippen LogP contribution in [0.3, 0.4) is 0 Å². The van der Waals surface area contributed by atoms with E-state index in [9.17, 15) is 23.6 Å². The van der Waals surface area contributed by atoms with Crippen molar-refractivity contribution in [3.05, 3.63) is 65.5 Å². The van der Waals surface area contributed by atoms with Gasteiger partial charge in [0.05, 0.1) is 24.1 Å². The van der Waals surface area contributed by atoms with Crippen LogP contribution < -0.4 is 10.2 Å². The zero-order valence-corrected chi connectivity index (χ0v) is 17.9. The van der Waals surface area contributed by atoms with Crippen molar-refractivity contribution < 1.29 is 28.3 Å². The van der Waals surface area contributed by atoms with E-state index in [4.69, 9.17) is 4.74 Å². The number of amides is 2. The van der Waals surface area contributed by atoms with Gasteiger partial charge in [0.25, 0.3) is 0 Å². The van der Waals surface area contributed by atoms with E-state index < -0.39 is 47.0 Å². The molecule has 0 aromatic heterocycles. The molecule has 2 aromatic rings. The molecule has 4 rings (SSSR count). The number of ketones is 1. The highest BCUT2D eigenvalue weighted by molar-refractivity contribution is 6.24. The predicted molar refractivity (Wildman–Crippen MR) is 113 cm³/mol. The first kappa shape index (κ1) is 21.8. The van der Waals surface area contributed by atoms with Crippen LogP contribution in [0, 0.1) is 17.7 Å². The van der Waals surface area contributed by atoms with Crippen LogP contribution in [-0.4, -0.2) is 35.7 Å². The highest BCUT2D eigenvalue weighted by Gasteiger charge is 2.67. The largest absolute Gasteiger partial charge is 0.465 e. The first-order valence-electron chi connectivity index (χ1n) is 10.4. The third-order valence-corrected chi connectivity index (χ3v) is 6.24. The van der Waals surface area contributed by atoms with E-state index in [1.165, 1.54) is 38.1 Å². The van der Waals surface area contributed by atoms with Crippen molar-refractivity contribution in [2.75, 3.05) is 11.5 Å². The zero-order chi connectivity index (χ0) is 23.2. The SMILES string of the molecule is CCOC(=O)[C@]1(C)N[C@@H](c2ccccc2F)[C@H]2C(=O)N(c3cccc(C(C)=O)c3)C(=O)[C@H]21. The number of hydrogen-bond acceptors (Lipinski definition) is 6. The molecule has 7 nitrogen and oxygen atoms in total. The number of esters is 1. The Hall–Kier alpha value is -3.39. The number of nitrogens with zero attached hydrogens (tertiary/aromatic N) is 1. The molecule has 2 heterocycles. The Balaban J connectivity index is 1.84. The molecule has 2 saturated heterocycles. The Morgan fingerprint density at radius 1 is 1.12 bits per heavy atom. The van der Waals surface area contributed by atoms with Gasteiger partial charge in [-0.15, -0.1) is 0 Å². The highest BCUT2D eigenvalue weighted by atomic mass is 19.1. The fraction of sp³-hybridized carbons (Fsp3) is 0.333. The molecule has 32 heavy (non-hydrogen) atoms. The summed E-state index contributed by atoms with van der Waals surface area (Å²) >= 11 is 0. The van der Waals surface area contributed by atoms with E-state index in [-0.39, 0.29) is 23.6 Å². The number of fused-ring (bicyclic) bond motifs is 1. The number of ether oxygens (including phenoxy) is 1. The molecule has 2 aliphatic heterocycles. The van der Waals surface area contributed by atoms with Crippen molar-refractivity contribution in [2.24, 2.45) is 11.8 Å². The van der Waals surface area contributed by atoms with Gasteiger partial charge in [0.15, 0.2) is 5.78 Å². The van der Waals surface area contributed by atoms with Gasteiger partial charge in [-0.05, 0) is 39.0 Å². The minimum absolute atomic E-state index is 0.0877. The summed E-state index contributed by atoms with van der Waals surface area (Å²) < 4.78 is 19.9. The summed E-state index contributed by atoms with van der Waals surface area (Å²) in [5.74, 6) is -4.72. The minimum atomic E-state index is -1.53. The molecule has 2 aromatic carbocycles. The van der Waals surface area contributed by atoms with Crippen molar-refractivity contribution in [1.29, 1.82) is 0 Å². The van der Waals surface area contributed by atoms with Crippen molar-refractivity contribution in [2.45, 2.75) is 32.4 Å². The van der Waals surface area contributed by atoms with Gasteiger partial charge >= 0.3 is 5.97 Å². The van der Waals surface area contributed by atoms with E-state index in [1.807, 2.05) is 0 Å². The number of Topliss-reactive ketones (excluding diaryl/α,β-unsaturated/α-hetero) is 1. The van der Waals surface area contributed by atoms with E-state index in [0.717, 1.165) is 4.90 Å². The number of anilines is 1. The molecule has 1 N–H and O–H groups in total. The Kier molecular flexibility index (Phi) is 5.42. The lowest BCUT2D eigenvalue weighted by molar-refractivity contribution is -0.153. The molecule has 0 saturated carbocycles. The molecule has 0 radical (unpaired) electrons. The summed E-state index contributed by atoms with van der Waals surface area (Å²) in [6, 6.07) is 11.2. The van der Waals surface area contributed by atoms with Gasteiger partial charge in [-0.3, -0.25) is 24.5 Å². The average Bonchev–Trinajstić information content (AvgIpc) is 3.22. The summed E-state index contributed by atoms with van der Waals surface area (Å²) in [6.45, 7) is 4.62. The summed E-state index contributed by atoms with van der Waals surface area (Å²) in [7, 11) is 0. The fourth-order valence-corrected chi connectivity index (χ4v) is 4.72. The lowest BCUT2D eigenvalue weighted by atomic mass is 9.80. The minimum Gasteiger partial charge on any atom is -0.465 e. The molecular formula is C24H23FN2O5. The molecule has 0 aliphatic carbocycles. The third kappa shape index (κ3) is 3.22. The summed E-state index contributed by atoms with van der Waals surface area (Å²) in [6.07, 6.45) is 0. The number of hydrogen-bond donors (Lipinski definition) is 1. The van der Waals surface area contributed by atoms with Gasteiger partial charge in [0.2, 0.25) is 11.8 Å².